The number of halogens is 1. The molecule has 5 rings (SSSR count). The molecule has 0 aliphatic carbocycles. The van der Waals surface area contributed by atoms with Crippen LogP contribution in [-0.2, 0) is 4.79 Å². The zero-order valence-corrected chi connectivity index (χ0v) is 21.9. The molecule has 4 aromatic rings. The fraction of sp³-hybridized carbons (Fsp3) is 0.240. The molecule has 0 unspecified atom stereocenters. The summed E-state index contributed by atoms with van der Waals surface area (Å²) in [5.41, 5.74) is 2.91. The van der Waals surface area contributed by atoms with E-state index in [9.17, 15) is 4.79 Å². The monoisotopic (exact) mass is 511 g/mol. The molecule has 0 fully saturated rings. The summed E-state index contributed by atoms with van der Waals surface area (Å²) in [4.78, 5) is 29.4. The summed E-state index contributed by atoms with van der Waals surface area (Å²) in [5, 5.41) is 2.56. The Labute approximate surface area is 210 Å². The number of benzene rings is 2. The Morgan fingerprint density at radius 2 is 1.85 bits per heavy atom. The average molecular weight is 512 g/mol. The zero-order chi connectivity index (χ0) is 23.3. The second kappa shape index (κ2) is 8.95. The fourth-order valence-corrected chi connectivity index (χ4v) is 7.03. The summed E-state index contributed by atoms with van der Waals surface area (Å²) in [6.07, 6.45) is 0. The van der Waals surface area contributed by atoms with E-state index in [0.717, 1.165) is 42.2 Å². The molecule has 1 aliphatic heterocycles. The van der Waals surface area contributed by atoms with Crippen molar-refractivity contribution in [2.24, 2.45) is 0 Å². The first-order valence-corrected chi connectivity index (χ1v) is 13.6. The van der Waals surface area contributed by atoms with Crippen LogP contribution in [0, 0.1) is 13.8 Å². The third kappa shape index (κ3) is 4.16. The number of aryl methyl sites for hydroxylation is 2. The molecule has 0 atom stereocenters. The van der Waals surface area contributed by atoms with Crippen molar-refractivity contribution in [3.05, 3.63) is 63.8 Å². The third-order valence-corrected chi connectivity index (χ3v) is 9.03. The number of fused-ring (bicyclic) bond motifs is 3. The predicted molar refractivity (Wildman–Crippen MR) is 141 cm³/mol. The van der Waals surface area contributed by atoms with Gasteiger partial charge in [-0.2, -0.15) is 0 Å². The number of thioether (sulfide) groups is 1. The molecular weight excluding hydrogens is 490 g/mol. The molecule has 1 aliphatic rings. The van der Waals surface area contributed by atoms with Crippen LogP contribution in [0.1, 0.15) is 36.0 Å². The first kappa shape index (κ1) is 22.7. The molecule has 2 aromatic carbocycles. The maximum absolute atomic E-state index is 13.7. The van der Waals surface area contributed by atoms with Crippen molar-refractivity contribution in [3.63, 3.8) is 0 Å². The topological polar surface area (TPSA) is 46.1 Å². The van der Waals surface area contributed by atoms with Crippen LogP contribution in [0.2, 0.25) is 5.02 Å². The van der Waals surface area contributed by atoms with E-state index in [1.165, 1.54) is 22.2 Å². The normalized spacial score (nSPS) is 12.8. The molecular formula is C25H22ClN3OS3. The molecule has 0 spiro atoms. The number of thiophene rings is 1. The largest absolute Gasteiger partial charge is 0.278 e. The second-order valence-corrected chi connectivity index (χ2v) is 11.9. The number of rotatable bonds is 4. The van der Waals surface area contributed by atoms with Crippen molar-refractivity contribution < 1.29 is 4.79 Å². The van der Waals surface area contributed by atoms with Gasteiger partial charge in [0.1, 0.15) is 15.7 Å². The summed E-state index contributed by atoms with van der Waals surface area (Å²) in [7, 11) is 0. The maximum Gasteiger partial charge on any atom is 0.242 e. The molecule has 33 heavy (non-hydrogen) atoms. The first-order valence-electron chi connectivity index (χ1n) is 10.6. The van der Waals surface area contributed by atoms with Crippen LogP contribution in [-0.4, -0.2) is 21.6 Å². The molecule has 0 saturated carbocycles. The quantitative estimate of drug-likeness (QED) is 0.205. The number of carbonyl (C=O) groups is 1. The van der Waals surface area contributed by atoms with E-state index in [1.54, 1.807) is 28.0 Å². The Morgan fingerprint density at radius 1 is 1.09 bits per heavy atom. The lowest BCUT2D eigenvalue weighted by Gasteiger charge is -2.31. The van der Waals surface area contributed by atoms with Crippen molar-refractivity contribution in [2.75, 3.05) is 10.7 Å². The van der Waals surface area contributed by atoms with Gasteiger partial charge < -0.3 is 0 Å². The molecule has 0 bridgehead atoms. The van der Waals surface area contributed by atoms with Gasteiger partial charge in [0.05, 0.1) is 17.1 Å². The van der Waals surface area contributed by atoms with Gasteiger partial charge in [-0.3, -0.25) is 9.69 Å². The lowest BCUT2D eigenvalue weighted by molar-refractivity contribution is -0.115. The van der Waals surface area contributed by atoms with Gasteiger partial charge in [0.15, 0.2) is 0 Å². The standard InChI is InChI=1S/C25H22ClN3OS3/c1-13(2)23-27-24(22-14(3)15(4)32-25(22)28-23)31-12-21(30)29-17-7-5-6-8-19(17)33-20-10-9-16(26)11-18(20)29/h5-11,13H,12H2,1-4H3. The first-order chi connectivity index (χ1) is 15.8. The maximum atomic E-state index is 13.7. The zero-order valence-electron chi connectivity index (χ0n) is 18.7. The molecule has 4 nitrogen and oxygen atoms in total. The average Bonchev–Trinajstić information content (AvgIpc) is 3.09. The summed E-state index contributed by atoms with van der Waals surface area (Å²) < 4.78 is 0. The number of aromatic nitrogens is 2. The van der Waals surface area contributed by atoms with Gasteiger partial charge in [-0.1, -0.05) is 61.1 Å². The lowest BCUT2D eigenvalue weighted by Crippen LogP contribution is -2.30. The Kier molecular flexibility index (Phi) is 6.16. The van der Waals surface area contributed by atoms with Crippen molar-refractivity contribution >= 4 is 74.0 Å². The van der Waals surface area contributed by atoms with E-state index in [4.69, 9.17) is 21.6 Å². The number of hydrogen-bond donors (Lipinski definition) is 0. The van der Waals surface area contributed by atoms with Crippen LogP contribution in [0.15, 0.2) is 57.3 Å². The van der Waals surface area contributed by atoms with Crippen molar-refractivity contribution in [1.29, 1.82) is 0 Å². The van der Waals surface area contributed by atoms with Crippen LogP contribution in [0.3, 0.4) is 0 Å². The minimum Gasteiger partial charge on any atom is -0.278 e. The van der Waals surface area contributed by atoms with Gasteiger partial charge in [0.2, 0.25) is 5.91 Å². The molecule has 2 aromatic heterocycles. The number of carbonyl (C=O) groups excluding carboxylic acids is 1. The summed E-state index contributed by atoms with van der Waals surface area (Å²) >= 11 is 11.2. The Hall–Kier alpha value is -2.06. The third-order valence-electron chi connectivity index (χ3n) is 5.60. The highest BCUT2D eigenvalue weighted by atomic mass is 35.5. The molecule has 8 heteroatoms. The molecule has 3 heterocycles. The lowest BCUT2D eigenvalue weighted by atomic mass is 10.2. The molecule has 1 amide bonds. The fourth-order valence-electron chi connectivity index (χ4n) is 3.78. The highest BCUT2D eigenvalue weighted by Gasteiger charge is 2.29. The smallest absolute Gasteiger partial charge is 0.242 e. The highest BCUT2D eigenvalue weighted by Crippen LogP contribution is 2.49. The van der Waals surface area contributed by atoms with Gasteiger partial charge in [0.25, 0.3) is 0 Å². The Bertz CT molecular complexity index is 1400. The van der Waals surface area contributed by atoms with Crippen molar-refractivity contribution in [2.45, 2.75) is 48.4 Å². The van der Waals surface area contributed by atoms with Crippen LogP contribution < -0.4 is 4.90 Å². The van der Waals surface area contributed by atoms with E-state index in [2.05, 4.69) is 27.7 Å². The number of nitrogens with zero attached hydrogens (tertiary/aromatic N) is 3. The molecule has 0 radical (unpaired) electrons. The van der Waals surface area contributed by atoms with E-state index >= 15 is 0 Å². The van der Waals surface area contributed by atoms with Crippen molar-refractivity contribution in [3.8, 4) is 0 Å². The minimum absolute atomic E-state index is 0.00118. The molecule has 0 N–H and O–H groups in total. The summed E-state index contributed by atoms with van der Waals surface area (Å²) in [6.45, 7) is 8.41. The summed E-state index contributed by atoms with van der Waals surface area (Å²) in [6, 6.07) is 13.7. The number of amides is 1. The van der Waals surface area contributed by atoms with Crippen LogP contribution in [0.5, 0.6) is 0 Å². The molecule has 168 valence electrons. The predicted octanol–water partition coefficient (Wildman–Crippen LogP) is 8.01. The van der Waals surface area contributed by atoms with Gasteiger partial charge in [-0.05, 0) is 49.7 Å². The van der Waals surface area contributed by atoms with Crippen LogP contribution in [0.4, 0.5) is 11.4 Å². The van der Waals surface area contributed by atoms with E-state index in [-0.39, 0.29) is 17.6 Å². The minimum atomic E-state index is -0.00118. The van der Waals surface area contributed by atoms with Crippen LogP contribution >= 0.6 is 46.5 Å². The van der Waals surface area contributed by atoms with Gasteiger partial charge in [-0.15, -0.1) is 11.3 Å². The number of para-hydroxylation sites is 1. The number of hydrogen-bond acceptors (Lipinski definition) is 6. The molecule has 0 saturated heterocycles. The number of anilines is 2. The van der Waals surface area contributed by atoms with Gasteiger partial charge >= 0.3 is 0 Å². The Morgan fingerprint density at radius 3 is 2.64 bits per heavy atom. The van der Waals surface area contributed by atoms with Crippen LogP contribution in [0.25, 0.3) is 10.2 Å². The van der Waals surface area contributed by atoms with E-state index in [0.29, 0.717) is 5.02 Å². The Balaban J connectivity index is 1.52. The SMILES string of the molecule is Cc1sc2nc(C(C)C)nc(SCC(=O)N3c4ccccc4Sc4ccc(Cl)cc43)c2c1C. The van der Waals surface area contributed by atoms with Crippen molar-refractivity contribution in [1.82, 2.24) is 9.97 Å². The van der Waals surface area contributed by atoms with Gasteiger partial charge in [0, 0.05) is 31.0 Å². The van der Waals surface area contributed by atoms with E-state index < -0.39 is 0 Å². The van der Waals surface area contributed by atoms with E-state index in [1.807, 2.05) is 42.5 Å². The second-order valence-electron chi connectivity index (χ2n) is 8.20. The van der Waals surface area contributed by atoms with Gasteiger partial charge in [-0.25, -0.2) is 9.97 Å². The highest BCUT2D eigenvalue weighted by molar-refractivity contribution is 8.00. The summed E-state index contributed by atoms with van der Waals surface area (Å²) in [5.74, 6) is 1.30.